The summed E-state index contributed by atoms with van der Waals surface area (Å²) < 4.78 is 13.4. The summed E-state index contributed by atoms with van der Waals surface area (Å²) in [6.45, 7) is 4.44. The monoisotopic (exact) mass is 381 g/mol. The molecule has 1 saturated heterocycles. The first kappa shape index (κ1) is 19.9. The molecule has 0 radical (unpaired) electrons. The fourth-order valence-electron chi connectivity index (χ4n) is 3.75. The van der Waals surface area contributed by atoms with Crippen LogP contribution in [0.15, 0.2) is 36.9 Å². The number of rotatable bonds is 5. The van der Waals surface area contributed by atoms with Crippen molar-refractivity contribution in [3.05, 3.63) is 59.4 Å². The van der Waals surface area contributed by atoms with Gasteiger partial charge in [-0.2, -0.15) is 5.26 Å². The summed E-state index contributed by atoms with van der Waals surface area (Å²) in [4.78, 5) is 24.5. The van der Waals surface area contributed by atoms with E-state index in [0.717, 1.165) is 43.5 Å². The smallest absolute Gasteiger partial charge is 0.219 e. The van der Waals surface area contributed by atoms with E-state index in [4.69, 9.17) is 0 Å². The third-order valence-corrected chi connectivity index (χ3v) is 5.19. The van der Waals surface area contributed by atoms with Crippen molar-refractivity contribution in [1.29, 1.82) is 5.26 Å². The maximum atomic E-state index is 13.4. The first-order chi connectivity index (χ1) is 13.6. The Labute approximate surface area is 164 Å². The topological polar surface area (TPSA) is 73.1 Å². The number of hydrogen-bond donors (Lipinski definition) is 0. The SMILES string of the molecule is CC(=O)N(Cc1cncnc1)[C@@H]1CCCN(Cc2ccc(F)cc2C#N)CC1. The molecule has 0 saturated carbocycles. The number of nitrogens with zero attached hydrogens (tertiary/aromatic N) is 5. The molecule has 2 heterocycles. The van der Waals surface area contributed by atoms with E-state index < -0.39 is 5.82 Å². The molecule has 7 heteroatoms. The van der Waals surface area contributed by atoms with E-state index in [1.54, 1.807) is 25.4 Å². The van der Waals surface area contributed by atoms with E-state index >= 15 is 0 Å². The lowest BCUT2D eigenvalue weighted by atomic mass is 10.1. The number of nitriles is 1. The number of amides is 1. The average Bonchev–Trinajstić information content (AvgIpc) is 2.93. The minimum atomic E-state index is -0.391. The molecule has 28 heavy (non-hydrogen) atoms. The van der Waals surface area contributed by atoms with Crippen LogP contribution in [0, 0.1) is 17.1 Å². The lowest BCUT2D eigenvalue weighted by Crippen LogP contribution is -2.39. The Bertz CT molecular complexity index is 852. The number of benzene rings is 1. The first-order valence-electron chi connectivity index (χ1n) is 9.49. The Hall–Kier alpha value is -2.85. The van der Waals surface area contributed by atoms with Crippen LogP contribution in [0.5, 0.6) is 0 Å². The third-order valence-electron chi connectivity index (χ3n) is 5.19. The summed E-state index contributed by atoms with van der Waals surface area (Å²) in [7, 11) is 0. The highest BCUT2D eigenvalue weighted by molar-refractivity contribution is 5.73. The molecule has 3 rings (SSSR count). The summed E-state index contributed by atoms with van der Waals surface area (Å²) in [5, 5.41) is 9.25. The van der Waals surface area contributed by atoms with Crippen LogP contribution >= 0.6 is 0 Å². The van der Waals surface area contributed by atoms with E-state index in [2.05, 4.69) is 20.9 Å². The predicted octanol–water partition coefficient (Wildman–Crippen LogP) is 2.89. The molecule has 2 aromatic rings. The standard InChI is InChI=1S/C21H24FN5O/c1-16(28)27(13-17-11-24-15-25-12-17)21-3-2-7-26(8-6-21)14-18-4-5-20(22)9-19(18)10-23/h4-5,9,11-12,15,21H,2-3,6-8,13-14H2,1H3/t21-/m1/s1. The van der Waals surface area contributed by atoms with Crippen LogP contribution in [0.3, 0.4) is 0 Å². The number of aromatic nitrogens is 2. The molecule has 1 aliphatic rings. The second-order valence-electron chi connectivity index (χ2n) is 7.17. The molecule has 0 bridgehead atoms. The predicted molar refractivity (Wildman–Crippen MR) is 102 cm³/mol. The van der Waals surface area contributed by atoms with Gasteiger partial charge in [-0.1, -0.05) is 6.07 Å². The highest BCUT2D eigenvalue weighted by atomic mass is 19.1. The van der Waals surface area contributed by atoms with E-state index in [1.807, 2.05) is 4.90 Å². The van der Waals surface area contributed by atoms with Gasteiger partial charge in [0.1, 0.15) is 12.1 Å². The van der Waals surface area contributed by atoms with Gasteiger partial charge < -0.3 is 4.90 Å². The van der Waals surface area contributed by atoms with E-state index in [-0.39, 0.29) is 11.9 Å². The molecule has 1 aromatic heterocycles. The van der Waals surface area contributed by atoms with Crippen LogP contribution in [0.1, 0.15) is 42.9 Å². The van der Waals surface area contributed by atoms with Gasteiger partial charge in [0.05, 0.1) is 11.6 Å². The fraction of sp³-hybridized carbons (Fsp3) is 0.429. The summed E-state index contributed by atoms with van der Waals surface area (Å²) >= 11 is 0. The number of halogens is 1. The Morgan fingerprint density at radius 1 is 1.32 bits per heavy atom. The Morgan fingerprint density at radius 2 is 2.11 bits per heavy atom. The van der Waals surface area contributed by atoms with Gasteiger partial charge in [0, 0.05) is 50.6 Å². The van der Waals surface area contributed by atoms with Crippen molar-refractivity contribution >= 4 is 5.91 Å². The summed E-state index contributed by atoms with van der Waals surface area (Å²) in [5.74, 6) is -0.342. The summed E-state index contributed by atoms with van der Waals surface area (Å²) in [5.41, 5.74) is 2.14. The maximum Gasteiger partial charge on any atom is 0.219 e. The van der Waals surface area contributed by atoms with Gasteiger partial charge >= 0.3 is 0 Å². The number of carbonyl (C=O) groups is 1. The summed E-state index contributed by atoms with van der Waals surface area (Å²) in [6, 6.07) is 6.61. The van der Waals surface area contributed by atoms with Crippen LogP contribution in [0.4, 0.5) is 4.39 Å². The van der Waals surface area contributed by atoms with Gasteiger partial charge in [0.2, 0.25) is 5.91 Å². The second-order valence-corrected chi connectivity index (χ2v) is 7.17. The van der Waals surface area contributed by atoms with E-state index in [9.17, 15) is 14.4 Å². The van der Waals surface area contributed by atoms with Crippen molar-refractivity contribution in [3.63, 3.8) is 0 Å². The lowest BCUT2D eigenvalue weighted by molar-refractivity contribution is -0.132. The minimum Gasteiger partial charge on any atom is -0.335 e. The second kappa shape index (κ2) is 9.38. The van der Waals surface area contributed by atoms with Crippen LogP contribution < -0.4 is 0 Å². The molecule has 0 aliphatic carbocycles. The van der Waals surface area contributed by atoms with Gasteiger partial charge in [0.25, 0.3) is 0 Å². The van der Waals surface area contributed by atoms with Crippen molar-refractivity contribution < 1.29 is 9.18 Å². The molecule has 6 nitrogen and oxygen atoms in total. The molecule has 0 N–H and O–H groups in total. The zero-order valence-electron chi connectivity index (χ0n) is 16.0. The molecule has 0 spiro atoms. The largest absolute Gasteiger partial charge is 0.335 e. The highest BCUT2D eigenvalue weighted by Crippen LogP contribution is 2.21. The highest BCUT2D eigenvalue weighted by Gasteiger charge is 2.25. The van der Waals surface area contributed by atoms with Crippen molar-refractivity contribution in [1.82, 2.24) is 19.8 Å². The Kier molecular flexibility index (Phi) is 6.66. The van der Waals surface area contributed by atoms with Crippen LogP contribution in [-0.2, 0) is 17.9 Å². The minimum absolute atomic E-state index is 0.0487. The zero-order chi connectivity index (χ0) is 19.9. The molecule has 1 amide bonds. The Morgan fingerprint density at radius 3 is 2.82 bits per heavy atom. The van der Waals surface area contributed by atoms with Crippen LogP contribution in [0.25, 0.3) is 0 Å². The maximum absolute atomic E-state index is 13.4. The number of hydrogen-bond acceptors (Lipinski definition) is 5. The fourth-order valence-corrected chi connectivity index (χ4v) is 3.75. The molecule has 1 fully saturated rings. The van der Waals surface area contributed by atoms with Gasteiger partial charge in [-0.25, -0.2) is 14.4 Å². The molecule has 146 valence electrons. The van der Waals surface area contributed by atoms with E-state index in [1.165, 1.54) is 18.5 Å². The molecule has 1 aromatic carbocycles. The molecule has 1 atom stereocenters. The zero-order valence-corrected chi connectivity index (χ0v) is 16.0. The summed E-state index contributed by atoms with van der Waals surface area (Å²) in [6.07, 6.45) is 7.71. The molecule has 0 unspecified atom stereocenters. The molecular formula is C21H24FN5O. The van der Waals surface area contributed by atoms with Gasteiger partial charge in [0.15, 0.2) is 0 Å². The number of carbonyl (C=O) groups excluding carboxylic acids is 1. The van der Waals surface area contributed by atoms with Crippen molar-refractivity contribution in [3.8, 4) is 6.07 Å². The molecule has 1 aliphatic heterocycles. The van der Waals surface area contributed by atoms with Gasteiger partial charge in [-0.15, -0.1) is 0 Å². The van der Waals surface area contributed by atoms with Crippen molar-refractivity contribution in [2.75, 3.05) is 13.1 Å². The normalized spacial score (nSPS) is 17.5. The van der Waals surface area contributed by atoms with Gasteiger partial charge in [-0.05, 0) is 43.5 Å². The number of likely N-dealkylation sites (tertiary alicyclic amines) is 1. The van der Waals surface area contributed by atoms with Crippen LogP contribution in [-0.4, -0.2) is 44.8 Å². The van der Waals surface area contributed by atoms with Crippen LogP contribution in [0.2, 0.25) is 0 Å². The van der Waals surface area contributed by atoms with E-state index in [0.29, 0.717) is 18.7 Å². The first-order valence-corrected chi connectivity index (χ1v) is 9.49. The quantitative estimate of drug-likeness (QED) is 0.796. The Balaban J connectivity index is 1.65. The lowest BCUT2D eigenvalue weighted by Gasteiger charge is -2.30. The van der Waals surface area contributed by atoms with Crippen molar-refractivity contribution in [2.45, 2.75) is 45.3 Å². The van der Waals surface area contributed by atoms with Gasteiger partial charge in [-0.3, -0.25) is 9.69 Å². The third kappa shape index (κ3) is 5.11. The van der Waals surface area contributed by atoms with Crippen molar-refractivity contribution in [2.24, 2.45) is 0 Å². The molecular weight excluding hydrogens is 357 g/mol. The average molecular weight is 381 g/mol.